The average molecular weight is 363 g/mol. The van der Waals surface area contributed by atoms with Crippen LogP contribution in [0.4, 0.5) is 0 Å². The van der Waals surface area contributed by atoms with E-state index in [0.717, 1.165) is 5.56 Å². The molecule has 0 saturated carbocycles. The lowest BCUT2D eigenvalue weighted by molar-refractivity contribution is -0.120. The third-order valence-electron chi connectivity index (χ3n) is 3.81. The predicted octanol–water partition coefficient (Wildman–Crippen LogP) is 0.375. The molecule has 0 spiro atoms. The number of carbonyl (C=O) groups is 2. The number of rotatable bonds is 5. The fourth-order valence-corrected chi connectivity index (χ4v) is 4.23. The van der Waals surface area contributed by atoms with E-state index in [0.29, 0.717) is 12.2 Å². The highest BCUT2D eigenvalue weighted by Crippen LogP contribution is 2.19. The van der Waals surface area contributed by atoms with Crippen molar-refractivity contribution in [1.29, 1.82) is 0 Å². The maximum atomic E-state index is 12.0. The summed E-state index contributed by atoms with van der Waals surface area (Å²) in [6, 6.07) is 10.3. The van der Waals surface area contributed by atoms with E-state index >= 15 is 0 Å². The first-order chi connectivity index (χ1) is 11.9. The Morgan fingerprint density at radius 1 is 1.24 bits per heavy atom. The number of nitrogens with one attached hydrogen (secondary N) is 2. The lowest BCUT2D eigenvalue weighted by Gasteiger charge is -2.10. The predicted molar refractivity (Wildman–Crippen MR) is 89.5 cm³/mol. The molecule has 2 aromatic rings. The van der Waals surface area contributed by atoms with Crippen LogP contribution >= 0.6 is 0 Å². The molecule has 2 heterocycles. The summed E-state index contributed by atoms with van der Waals surface area (Å²) in [6.07, 6.45) is 0.395. The summed E-state index contributed by atoms with van der Waals surface area (Å²) >= 11 is 0. The van der Waals surface area contributed by atoms with Crippen LogP contribution in [0.1, 0.15) is 16.9 Å². The van der Waals surface area contributed by atoms with E-state index in [9.17, 15) is 18.0 Å². The van der Waals surface area contributed by atoms with E-state index in [1.807, 2.05) is 30.3 Å². The molecule has 25 heavy (non-hydrogen) atoms. The number of hydrogen-bond donors (Lipinski definition) is 2. The van der Waals surface area contributed by atoms with Gasteiger partial charge in [0.05, 0.1) is 18.1 Å². The minimum Gasteiger partial charge on any atom is -0.355 e. The molecule has 132 valence electrons. The van der Waals surface area contributed by atoms with Crippen molar-refractivity contribution in [2.75, 3.05) is 18.1 Å². The maximum Gasteiger partial charge on any atom is 0.273 e. The molecule has 0 bridgehead atoms. The summed E-state index contributed by atoms with van der Waals surface area (Å²) in [5.74, 6) is -0.518. The van der Waals surface area contributed by atoms with Gasteiger partial charge in [0.1, 0.15) is 0 Å². The number of aromatic nitrogens is 1. The second-order valence-corrected chi connectivity index (χ2v) is 8.02. The molecule has 1 aliphatic rings. The summed E-state index contributed by atoms with van der Waals surface area (Å²) in [4.78, 5) is 23.8. The largest absolute Gasteiger partial charge is 0.355 e. The van der Waals surface area contributed by atoms with Crippen molar-refractivity contribution in [1.82, 2.24) is 15.8 Å². The number of carbonyl (C=O) groups excluding carboxylic acids is 2. The number of amides is 2. The Hall–Kier alpha value is -2.68. The van der Waals surface area contributed by atoms with E-state index in [2.05, 4.69) is 15.8 Å². The van der Waals surface area contributed by atoms with Gasteiger partial charge in [0.25, 0.3) is 5.91 Å². The Balaban J connectivity index is 1.51. The SMILES string of the molecule is O=C(CNC(=O)c1cc(-c2ccccc2)on1)NC1CCS(=O)(=O)C1. The van der Waals surface area contributed by atoms with Crippen LogP contribution in [0.3, 0.4) is 0 Å². The van der Waals surface area contributed by atoms with Crippen LogP contribution in [0, 0.1) is 0 Å². The minimum atomic E-state index is -3.06. The first kappa shape index (κ1) is 17.2. The molecule has 1 aliphatic heterocycles. The number of sulfone groups is 1. The molecule has 3 rings (SSSR count). The van der Waals surface area contributed by atoms with Crippen molar-refractivity contribution in [3.8, 4) is 11.3 Å². The van der Waals surface area contributed by atoms with Crippen LogP contribution in [-0.4, -0.2) is 49.5 Å². The fraction of sp³-hybridized carbons (Fsp3) is 0.312. The lowest BCUT2D eigenvalue weighted by Crippen LogP contribution is -2.42. The fourth-order valence-electron chi connectivity index (χ4n) is 2.56. The highest BCUT2D eigenvalue weighted by atomic mass is 32.2. The molecule has 8 nitrogen and oxygen atoms in total. The van der Waals surface area contributed by atoms with Crippen molar-refractivity contribution in [2.45, 2.75) is 12.5 Å². The molecule has 2 N–H and O–H groups in total. The highest BCUT2D eigenvalue weighted by molar-refractivity contribution is 7.91. The molecule has 0 aliphatic carbocycles. The van der Waals surface area contributed by atoms with Gasteiger partial charge in [-0.05, 0) is 6.42 Å². The number of benzene rings is 1. The standard InChI is InChI=1S/C16H17N3O5S/c20-15(18-12-6-7-25(22,23)10-12)9-17-16(21)13-8-14(24-19-13)11-4-2-1-3-5-11/h1-5,8,12H,6-7,9-10H2,(H,17,21)(H,18,20). The Kier molecular flexibility index (Phi) is 4.84. The Morgan fingerprint density at radius 2 is 2.00 bits per heavy atom. The quantitative estimate of drug-likeness (QED) is 0.792. The third kappa shape index (κ3) is 4.44. The molecular weight excluding hydrogens is 346 g/mol. The van der Waals surface area contributed by atoms with Gasteiger partial charge < -0.3 is 15.2 Å². The molecule has 2 amide bonds. The van der Waals surface area contributed by atoms with Crippen molar-refractivity contribution >= 4 is 21.7 Å². The van der Waals surface area contributed by atoms with Crippen LogP contribution in [-0.2, 0) is 14.6 Å². The molecule has 1 unspecified atom stereocenters. The zero-order valence-electron chi connectivity index (χ0n) is 13.3. The van der Waals surface area contributed by atoms with Crippen molar-refractivity contribution in [2.24, 2.45) is 0 Å². The van der Waals surface area contributed by atoms with E-state index in [4.69, 9.17) is 4.52 Å². The summed E-state index contributed by atoms with van der Waals surface area (Å²) < 4.78 is 27.8. The second kappa shape index (κ2) is 7.06. The van der Waals surface area contributed by atoms with Crippen molar-refractivity contribution in [3.63, 3.8) is 0 Å². The Bertz CT molecular complexity index is 876. The summed E-state index contributed by atoms with van der Waals surface area (Å²) in [6.45, 7) is -0.261. The lowest BCUT2D eigenvalue weighted by atomic mass is 10.1. The van der Waals surface area contributed by atoms with Gasteiger partial charge in [-0.1, -0.05) is 35.5 Å². The van der Waals surface area contributed by atoms with E-state index in [-0.39, 0.29) is 23.7 Å². The van der Waals surface area contributed by atoms with Crippen LogP contribution in [0.2, 0.25) is 0 Å². The molecule has 1 atom stereocenters. The minimum absolute atomic E-state index is 0.0591. The van der Waals surface area contributed by atoms with Crippen molar-refractivity contribution < 1.29 is 22.5 Å². The van der Waals surface area contributed by atoms with Gasteiger partial charge >= 0.3 is 0 Å². The van der Waals surface area contributed by atoms with E-state index in [1.165, 1.54) is 6.07 Å². The van der Waals surface area contributed by atoms with Crippen LogP contribution in [0.5, 0.6) is 0 Å². The summed E-state index contributed by atoms with van der Waals surface area (Å²) in [7, 11) is -3.06. The topological polar surface area (TPSA) is 118 Å². The monoisotopic (exact) mass is 363 g/mol. The molecule has 1 fully saturated rings. The van der Waals surface area contributed by atoms with Crippen LogP contribution in [0.15, 0.2) is 40.9 Å². The van der Waals surface area contributed by atoms with Crippen molar-refractivity contribution in [3.05, 3.63) is 42.1 Å². The summed E-state index contributed by atoms with van der Waals surface area (Å²) in [5.41, 5.74) is 0.851. The first-order valence-corrected chi connectivity index (χ1v) is 9.55. The normalized spacial score (nSPS) is 18.6. The number of nitrogens with zero attached hydrogens (tertiary/aromatic N) is 1. The van der Waals surface area contributed by atoms with Gasteiger partial charge in [-0.3, -0.25) is 9.59 Å². The zero-order chi connectivity index (χ0) is 17.9. The average Bonchev–Trinajstić information content (AvgIpc) is 3.20. The van der Waals surface area contributed by atoms with Gasteiger partial charge in [-0.2, -0.15) is 0 Å². The molecule has 1 aromatic carbocycles. The second-order valence-electron chi connectivity index (χ2n) is 5.79. The Morgan fingerprint density at radius 3 is 2.68 bits per heavy atom. The molecule has 1 saturated heterocycles. The zero-order valence-corrected chi connectivity index (χ0v) is 14.1. The van der Waals surface area contributed by atoms with Gasteiger partial charge in [-0.15, -0.1) is 0 Å². The molecule has 9 heteroatoms. The third-order valence-corrected chi connectivity index (χ3v) is 5.58. The smallest absolute Gasteiger partial charge is 0.273 e. The van der Waals surface area contributed by atoms with Gasteiger partial charge in [0.2, 0.25) is 5.91 Å². The first-order valence-electron chi connectivity index (χ1n) is 7.73. The molecule has 1 aromatic heterocycles. The Labute approximate surface area is 144 Å². The van der Waals surface area contributed by atoms with Crippen LogP contribution < -0.4 is 10.6 Å². The molecular formula is C16H17N3O5S. The summed E-state index contributed by atoms with van der Waals surface area (Å²) in [5, 5.41) is 8.73. The van der Waals surface area contributed by atoms with Gasteiger partial charge in [0.15, 0.2) is 21.3 Å². The van der Waals surface area contributed by atoms with E-state index in [1.54, 1.807) is 0 Å². The van der Waals surface area contributed by atoms with Gasteiger partial charge in [-0.25, -0.2) is 8.42 Å². The molecule has 0 radical (unpaired) electrons. The maximum absolute atomic E-state index is 12.0. The van der Waals surface area contributed by atoms with Crippen LogP contribution in [0.25, 0.3) is 11.3 Å². The number of hydrogen-bond acceptors (Lipinski definition) is 6. The van der Waals surface area contributed by atoms with Gasteiger partial charge in [0, 0.05) is 17.7 Å². The van der Waals surface area contributed by atoms with E-state index < -0.39 is 27.7 Å². The highest BCUT2D eigenvalue weighted by Gasteiger charge is 2.28.